The molecule has 1 unspecified atom stereocenters. The summed E-state index contributed by atoms with van der Waals surface area (Å²) in [6, 6.07) is 6.03. The Labute approximate surface area is 106 Å². The Morgan fingerprint density at radius 1 is 1.28 bits per heavy atom. The third-order valence-corrected chi connectivity index (χ3v) is 2.50. The van der Waals surface area contributed by atoms with E-state index in [2.05, 4.69) is 4.74 Å². The van der Waals surface area contributed by atoms with E-state index in [1.807, 2.05) is 6.92 Å². The first kappa shape index (κ1) is 14.2. The summed E-state index contributed by atoms with van der Waals surface area (Å²) < 4.78 is 9.61. The van der Waals surface area contributed by atoms with Crippen LogP contribution in [0, 0.1) is 0 Å². The summed E-state index contributed by atoms with van der Waals surface area (Å²) in [7, 11) is 1.29. The highest BCUT2D eigenvalue weighted by Crippen LogP contribution is 2.13. The van der Waals surface area contributed by atoms with Crippen molar-refractivity contribution in [3.8, 4) is 5.75 Å². The van der Waals surface area contributed by atoms with Crippen molar-refractivity contribution in [1.29, 1.82) is 0 Å². The Balaban J connectivity index is 2.62. The summed E-state index contributed by atoms with van der Waals surface area (Å²) in [4.78, 5) is 22.6. The van der Waals surface area contributed by atoms with Crippen LogP contribution in [-0.4, -0.2) is 31.5 Å². The molecule has 5 nitrogen and oxygen atoms in total. The van der Waals surface area contributed by atoms with Crippen molar-refractivity contribution in [1.82, 2.24) is 0 Å². The Morgan fingerprint density at radius 2 is 1.89 bits per heavy atom. The van der Waals surface area contributed by atoms with Gasteiger partial charge in [-0.05, 0) is 30.7 Å². The molecule has 0 bridgehead atoms. The van der Waals surface area contributed by atoms with Gasteiger partial charge in [0.25, 0.3) is 0 Å². The number of benzene rings is 1. The van der Waals surface area contributed by atoms with Crippen LogP contribution in [0.25, 0.3) is 0 Å². The van der Waals surface area contributed by atoms with Crippen LogP contribution in [0.15, 0.2) is 24.3 Å². The quantitative estimate of drug-likeness (QED) is 0.606. The molecule has 0 radical (unpaired) electrons. The van der Waals surface area contributed by atoms with E-state index in [4.69, 9.17) is 10.5 Å². The SMILES string of the molecule is CCC(N)C(=O)c1ccc(OCC(=O)OC)cc1. The fourth-order valence-electron chi connectivity index (χ4n) is 1.32. The highest BCUT2D eigenvalue weighted by Gasteiger charge is 2.13. The van der Waals surface area contributed by atoms with Gasteiger partial charge in [-0.3, -0.25) is 4.79 Å². The van der Waals surface area contributed by atoms with Crippen LogP contribution in [0.3, 0.4) is 0 Å². The molecule has 2 N–H and O–H groups in total. The van der Waals surface area contributed by atoms with E-state index in [9.17, 15) is 9.59 Å². The molecule has 0 spiro atoms. The van der Waals surface area contributed by atoms with Crippen LogP contribution < -0.4 is 10.5 Å². The summed E-state index contributed by atoms with van der Waals surface area (Å²) in [6.45, 7) is 1.70. The van der Waals surface area contributed by atoms with Crippen molar-refractivity contribution < 1.29 is 19.1 Å². The molecule has 0 aliphatic carbocycles. The average molecular weight is 251 g/mol. The first-order chi connectivity index (χ1) is 8.58. The van der Waals surface area contributed by atoms with Crippen molar-refractivity contribution in [3.05, 3.63) is 29.8 Å². The molecule has 98 valence electrons. The minimum atomic E-state index is -0.480. The van der Waals surface area contributed by atoms with Gasteiger partial charge in [-0.2, -0.15) is 0 Å². The molecule has 0 saturated heterocycles. The summed E-state index contributed by atoms with van der Waals surface area (Å²) >= 11 is 0. The summed E-state index contributed by atoms with van der Waals surface area (Å²) in [6.07, 6.45) is 0.597. The first-order valence-corrected chi connectivity index (χ1v) is 5.68. The largest absolute Gasteiger partial charge is 0.482 e. The molecule has 0 aliphatic rings. The van der Waals surface area contributed by atoms with Gasteiger partial charge >= 0.3 is 5.97 Å². The normalized spacial score (nSPS) is 11.7. The van der Waals surface area contributed by atoms with E-state index < -0.39 is 12.0 Å². The van der Waals surface area contributed by atoms with Gasteiger partial charge in [0.2, 0.25) is 0 Å². The topological polar surface area (TPSA) is 78.6 Å². The number of carbonyl (C=O) groups is 2. The maximum atomic E-state index is 11.8. The maximum absolute atomic E-state index is 11.8. The predicted molar refractivity (Wildman–Crippen MR) is 66.5 cm³/mol. The van der Waals surface area contributed by atoms with Crippen molar-refractivity contribution in [3.63, 3.8) is 0 Å². The zero-order valence-corrected chi connectivity index (χ0v) is 10.5. The second-order valence-electron chi connectivity index (χ2n) is 3.77. The van der Waals surface area contributed by atoms with Crippen molar-refractivity contribution in [2.45, 2.75) is 19.4 Å². The molecule has 1 atom stereocenters. The number of carbonyl (C=O) groups excluding carboxylic acids is 2. The highest BCUT2D eigenvalue weighted by atomic mass is 16.6. The molecule has 1 aromatic carbocycles. The molecule has 0 fully saturated rings. The van der Waals surface area contributed by atoms with Crippen LogP contribution in [-0.2, 0) is 9.53 Å². The molecular formula is C13H17NO4. The Morgan fingerprint density at radius 3 is 2.39 bits per heavy atom. The first-order valence-electron chi connectivity index (χ1n) is 5.68. The molecule has 0 aliphatic heterocycles. The molecule has 0 saturated carbocycles. The minimum Gasteiger partial charge on any atom is -0.482 e. The Hall–Kier alpha value is -1.88. The van der Waals surface area contributed by atoms with E-state index in [1.165, 1.54) is 7.11 Å². The zero-order chi connectivity index (χ0) is 13.5. The molecule has 5 heteroatoms. The number of hydrogen-bond donors (Lipinski definition) is 1. The molecule has 0 aromatic heterocycles. The number of ether oxygens (including phenoxy) is 2. The standard InChI is InChI=1S/C13H17NO4/c1-3-11(14)13(16)9-4-6-10(7-5-9)18-8-12(15)17-2/h4-7,11H,3,8,14H2,1-2H3. The summed E-state index contributed by atoms with van der Waals surface area (Å²) in [5.41, 5.74) is 6.20. The van der Waals surface area contributed by atoms with Crippen molar-refractivity contribution >= 4 is 11.8 Å². The lowest BCUT2D eigenvalue weighted by atomic mass is 10.0. The van der Waals surface area contributed by atoms with Gasteiger partial charge in [0.1, 0.15) is 5.75 Å². The molecule has 18 heavy (non-hydrogen) atoms. The Bertz CT molecular complexity index is 414. The second-order valence-corrected chi connectivity index (χ2v) is 3.77. The van der Waals surface area contributed by atoms with E-state index in [1.54, 1.807) is 24.3 Å². The molecular weight excluding hydrogens is 234 g/mol. The third-order valence-electron chi connectivity index (χ3n) is 2.50. The number of nitrogens with two attached hydrogens (primary N) is 1. The summed E-state index contributed by atoms with van der Waals surface area (Å²) in [5, 5.41) is 0. The maximum Gasteiger partial charge on any atom is 0.343 e. The molecule has 0 amide bonds. The van der Waals surface area contributed by atoms with Gasteiger partial charge in [0.15, 0.2) is 12.4 Å². The smallest absolute Gasteiger partial charge is 0.343 e. The highest BCUT2D eigenvalue weighted by molar-refractivity contribution is 5.99. The summed E-state index contributed by atoms with van der Waals surface area (Å²) in [5.74, 6) is -0.0535. The monoisotopic (exact) mass is 251 g/mol. The fraction of sp³-hybridized carbons (Fsp3) is 0.385. The van der Waals surface area contributed by atoms with Gasteiger partial charge < -0.3 is 15.2 Å². The number of Topliss-reactive ketones (excluding diaryl/α,β-unsaturated/α-hetero) is 1. The van der Waals surface area contributed by atoms with Crippen LogP contribution in [0.2, 0.25) is 0 Å². The predicted octanol–water partition coefficient (Wildman–Crippen LogP) is 1.16. The average Bonchev–Trinajstić information content (AvgIpc) is 2.43. The van der Waals surface area contributed by atoms with E-state index >= 15 is 0 Å². The fourth-order valence-corrected chi connectivity index (χ4v) is 1.32. The van der Waals surface area contributed by atoms with Crippen molar-refractivity contribution in [2.24, 2.45) is 5.73 Å². The lowest BCUT2D eigenvalue weighted by Crippen LogP contribution is -2.29. The van der Waals surface area contributed by atoms with Gasteiger partial charge in [0, 0.05) is 5.56 Å². The number of methoxy groups -OCH3 is 1. The van der Waals surface area contributed by atoms with Gasteiger partial charge in [0.05, 0.1) is 13.2 Å². The number of hydrogen-bond acceptors (Lipinski definition) is 5. The molecule has 1 aromatic rings. The number of esters is 1. The van der Waals surface area contributed by atoms with E-state index in [-0.39, 0.29) is 12.4 Å². The van der Waals surface area contributed by atoms with E-state index in [0.29, 0.717) is 17.7 Å². The minimum absolute atomic E-state index is 0.1000. The van der Waals surface area contributed by atoms with Crippen LogP contribution >= 0.6 is 0 Å². The lowest BCUT2D eigenvalue weighted by molar-refractivity contribution is -0.142. The van der Waals surface area contributed by atoms with Crippen molar-refractivity contribution in [2.75, 3.05) is 13.7 Å². The third kappa shape index (κ3) is 3.85. The van der Waals surface area contributed by atoms with Crippen LogP contribution in [0.4, 0.5) is 0 Å². The Kier molecular flexibility index (Phi) is 5.32. The zero-order valence-electron chi connectivity index (χ0n) is 10.5. The lowest BCUT2D eigenvalue weighted by Gasteiger charge is -2.08. The molecule has 1 rings (SSSR count). The van der Waals surface area contributed by atoms with Gasteiger partial charge in [-0.25, -0.2) is 4.79 Å². The van der Waals surface area contributed by atoms with Gasteiger partial charge in [-0.15, -0.1) is 0 Å². The second kappa shape index (κ2) is 6.76. The van der Waals surface area contributed by atoms with E-state index in [0.717, 1.165) is 0 Å². The number of rotatable bonds is 6. The van der Waals surface area contributed by atoms with Crippen LogP contribution in [0.1, 0.15) is 23.7 Å². The molecule has 0 heterocycles. The number of ketones is 1. The van der Waals surface area contributed by atoms with Crippen LogP contribution in [0.5, 0.6) is 5.75 Å². The van der Waals surface area contributed by atoms with Gasteiger partial charge in [-0.1, -0.05) is 6.92 Å².